The van der Waals surface area contributed by atoms with E-state index in [-0.39, 0.29) is 29.7 Å². The van der Waals surface area contributed by atoms with Crippen molar-refractivity contribution in [2.75, 3.05) is 0 Å². The van der Waals surface area contributed by atoms with E-state index in [2.05, 4.69) is 352 Å². The van der Waals surface area contributed by atoms with E-state index in [1.54, 1.807) is 0 Å². The van der Waals surface area contributed by atoms with Crippen LogP contribution in [0.5, 0.6) is 0 Å². The Bertz CT molecular complexity index is 6910. The maximum Gasteiger partial charge on any atom is 0.0629 e. The third-order valence-electron chi connectivity index (χ3n) is 21.5. The molecule has 0 bridgehead atoms. The maximum absolute atomic E-state index is 8.73. The van der Waals surface area contributed by atoms with Crippen molar-refractivity contribution in [3.63, 3.8) is 0 Å². The van der Waals surface area contributed by atoms with Crippen LogP contribution in [0.15, 0.2) is 437 Å². The molecule has 0 unspecified atom stereocenters. The Morgan fingerprint density at radius 1 is 0.111 bits per heavy atom. The quantitative estimate of drug-likeness (QED) is 0.107. The zero-order valence-corrected chi connectivity index (χ0v) is 59.2. The minimum Gasteiger partial charge on any atom is -0.0622 e. The molecule has 504 valence electrons. The molecule has 20 rings (SSSR count). The van der Waals surface area contributed by atoms with Gasteiger partial charge in [-0.25, -0.2) is 0 Å². The maximum atomic E-state index is 8.73. The molecule has 0 N–H and O–H groups in total. The van der Waals surface area contributed by atoms with Gasteiger partial charge in [0.25, 0.3) is 0 Å². The van der Waals surface area contributed by atoms with Crippen LogP contribution in [0.1, 0.15) is 6.85 Å². The van der Waals surface area contributed by atoms with Gasteiger partial charge in [-0.1, -0.05) is 425 Å². The van der Waals surface area contributed by atoms with Gasteiger partial charge in [0.05, 0.1) is 6.85 Å². The Morgan fingerprint density at radius 3 is 0.528 bits per heavy atom. The second-order valence-corrected chi connectivity index (χ2v) is 27.7. The molecule has 0 saturated heterocycles. The molecule has 0 fully saturated rings. The fraction of sp³-hybridized carbons (Fsp3) is 0. The highest BCUT2D eigenvalue weighted by molar-refractivity contribution is 6.26. The smallest absolute Gasteiger partial charge is 0.0622 e. The van der Waals surface area contributed by atoms with Crippen LogP contribution in [0.4, 0.5) is 0 Å². The number of benzene rings is 20. The van der Waals surface area contributed by atoms with E-state index in [0.29, 0.717) is 5.56 Å². The van der Waals surface area contributed by atoms with E-state index in [0.717, 1.165) is 66.1 Å². The lowest BCUT2D eigenvalue weighted by Gasteiger charge is -2.21. The first-order valence-corrected chi connectivity index (χ1v) is 36.9. The summed E-state index contributed by atoms with van der Waals surface area (Å²) in [6.45, 7) is 0. The number of fused-ring (bicyclic) bond motifs is 6. The van der Waals surface area contributed by atoms with Crippen LogP contribution in [0.3, 0.4) is 0 Å². The van der Waals surface area contributed by atoms with Crippen LogP contribution in [0.2, 0.25) is 0 Å². The summed E-state index contributed by atoms with van der Waals surface area (Å²) in [7, 11) is 0. The van der Waals surface area contributed by atoms with Crippen LogP contribution in [-0.2, 0) is 0 Å². The molecule has 0 amide bonds. The molecule has 20 aromatic carbocycles. The van der Waals surface area contributed by atoms with Gasteiger partial charge in [0.2, 0.25) is 0 Å². The second kappa shape index (κ2) is 28.5. The van der Waals surface area contributed by atoms with Crippen LogP contribution >= 0.6 is 0 Å². The van der Waals surface area contributed by atoms with Gasteiger partial charge in [0, 0.05) is 0 Å². The van der Waals surface area contributed by atoms with Crippen molar-refractivity contribution in [3.8, 4) is 134 Å². The standard InChI is InChI=1S/C64H42.C44H30/c1-4-16-43(17-5-1)46-28-34-49(35-29-46)61-54-23-11-14-26-57(54)64(58-27-15-12-24-55(58)61)52-40-41-59-60(42-52)63(51-38-32-48(33-39-51)45-20-8-3-9-21-45)56-25-13-10-22-53(56)62(59)50-36-30-47(31-37-50)44-18-6-2-7-19-44;1-4-12-31(13-5-1)34-20-24-36(25-21-34)43-39-18-10-11-19-40(39)44(37-26-22-35(23-27-37)32-14-6-2-7-15-32)42-30-38(28-29-41(42)43)33-16-8-3-9-17-33/h1-42H;1-30H/i;3D,8D,9D,16D,17D. The Morgan fingerprint density at radius 2 is 0.278 bits per heavy atom. The normalized spacial score (nSPS) is 12.0. The minimum absolute atomic E-state index is 0.195. The molecular formula is C108H72. The van der Waals surface area contributed by atoms with E-state index in [1.807, 2.05) is 54.6 Å². The van der Waals surface area contributed by atoms with Crippen LogP contribution < -0.4 is 0 Å². The summed E-state index contributed by atoms with van der Waals surface area (Å²) >= 11 is 0. The first-order valence-electron chi connectivity index (χ1n) is 39.4. The van der Waals surface area contributed by atoms with Gasteiger partial charge >= 0.3 is 0 Å². The van der Waals surface area contributed by atoms with Gasteiger partial charge in [-0.05, 0) is 210 Å². The first-order chi connectivity index (χ1) is 55.7. The molecule has 0 aliphatic carbocycles. The van der Waals surface area contributed by atoms with E-state index in [1.165, 1.54) is 121 Å². The average molecular weight is 1370 g/mol. The summed E-state index contributed by atoms with van der Waals surface area (Å²) in [6.07, 6.45) is 0. The van der Waals surface area contributed by atoms with Gasteiger partial charge in [-0.15, -0.1) is 0 Å². The van der Waals surface area contributed by atoms with E-state index in [9.17, 15) is 0 Å². The molecule has 0 aliphatic heterocycles. The molecular weight excluding hydrogens is 1300 g/mol. The van der Waals surface area contributed by atoms with Gasteiger partial charge in [-0.3, -0.25) is 0 Å². The van der Waals surface area contributed by atoms with Gasteiger partial charge in [0.1, 0.15) is 0 Å². The average Bonchev–Trinajstić information content (AvgIpc) is 0.725. The second-order valence-electron chi connectivity index (χ2n) is 27.7. The van der Waals surface area contributed by atoms with Crippen molar-refractivity contribution >= 4 is 64.6 Å². The Balaban J connectivity index is 0.000000158. The predicted molar refractivity (Wildman–Crippen MR) is 463 cm³/mol. The number of hydrogen-bond donors (Lipinski definition) is 0. The van der Waals surface area contributed by atoms with Crippen molar-refractivity contribution in [3.05, 3.63) is 437 Å². The van der Waals surface area contributed by atoms with Crippen LogP contribution in [-0.4, -0.2) is 0 Å². The van der Waals surface area contributed by atoms with Gasteiger partial charge < -0.3 is 0 Å². The summed E-state index contributed by atoms with van der Waals surface area (Å²) in [5.41, 5.74) is 26.7. The lowest BCUT2D eigenvalue weighted by molar-refractivity contribution is 1.60. The van der Waals surface area contributed by atoms with Gasteiger partial charge in [-0.2, -0.15) is 0 Å². The summed E-state index contributed by atoms with van der Waals surface area (Å²) in [5.74, 6) is 0. The van der Waals surface area contributed by atoms with Crippen molar-refractivity contribution in [2.24, 2.45) is 0 Å². The SMILES string of the molecule is [2H]c1c([2H])c([2H])c(-c2ccc3c(-c4ccc(-c5ccccc5)cc4)c4ccccc4c(-c4ccc(-c5ccccc5)cc4)c3c2)c([2H])c1[2H].c1ccc(-c2ccc(-c3c4ccccc4c(-c4ccc5c(-c6ccc(-c7ccccc7)cc6)c6ccccc6c(-c6ccc(-c7ccccc7)cc6)c5c4)c4ccccc34)cc2)cc1. The molecule has 108 heavy (non-hydrogen) atoms. The monoisotopic (exact) mass is 1370 g/mol. The lowest BCUT2D eigenvalue weighted by atomic mass is 9.82. The minimum atomic E-state index is -0.397. The highest BCUT2D eigenvalue weighted by Gasteiger charge is 2.23. The molecule has 0 nitrogen and oxygen atoms in total. The van der Waals surface area contributed by atoms with Gasteiger partial charge in [0.15, 0.2) is 0 Å². The number of hydrogen-bond acceptors (Lipinski definition) is 0. The van der Waals surface area contributed by atoms with Crippen LogP contribution in [0, 0.1) is 0 Å². The molecule has 0 atom stereocenters. The van der Waals surface area contributed by atoms with Crippen molar-refractivity contribution < 1.29 is 6.85 Å². The zero-order chi connectivity index (χ0) is 76.0. The molecule has 0 aromatic heterocycles. The zero-order valence-electron chi connectivity index (χ0n) is 64.2. The Kier molecular flexibility index (Phi) is 15.7. The fourth-order valence-electron chi connectivity index (χ4n) is 16.4. The third-order valence-corrected chi connectivity index (χ3v) is 21.5. The van der Waals surface area contributed by atoms with Crippen molar-refractivity contribution in [1.29, 1.82) is 0 Å². The molecule has 0 aliphatic rings. The van der Waals surface area contributed by atoms with Crippen molar-refractivity contribution in [2.45, 2.75) is 0 Å². The highest BCUT2D eigenvalue weighted by Crippen LogP contribution is 2.50. The summed E-state index contributed by atoms with van der Waals surface area (Å²) in [4.78, 5) is 0. The third kappa shape index (κ3) is 12.2. The molecule has 0 saturated carbocycles. The van der Waals surface area contributed by atoms with E-state index in [4.69, 9.17) is 6.85 Å². The molecule has 0 spiro atoms. The summed E-state index contributed by atoms with van der Waals surface area (Å²) in [5, 5.41) is 14.1. The highest BCUT2D eigenvalue weighted by atomic mass is 14.3. The molecule has 0 heteroatoms. The molecule has 0 radical (unpaired) electrons. The first kappa shape index (κ1) is 59.4. The lowest BCUT2D eigenvalue weighted by Crippen LogP contribution is -1.94. The van der Waals surface area contributed by atoms with E-state index < -0.39 is 6.04 Å². The Labute approximate surface area is 637 Å². The summed E-state index contributed by atoms with van der Waals surface area (Å²) < 4.78 is 42.3. The topological polar surface area (TPSA) is 0 Å². The molecule has 0 heterocycles. The summed E-state index contributed by atoms with van der Waals surface area (Å²) in [6, 6.07) is 144. The number of rotatable bonds is 12. The van der Waals surface area contributed by atoms with Crippen LogP contribution in [0.25, 0.3) is 198 Å². The fourth-order valence-corrected chi connectivity index (χ4v) is 16.4. The van der Waals surface area contributed by atoms with Crippen molar-refractivity contribution in [1.82, 2.24) is 0 Å². The predicted octanol–water partition coefficient (Wildman–Crippen LogP) is 30.3. The Hall–Kier alpha value is -14.0. The van der Waals surface area contributed by atoms with E-state index >= 15 is 0 Å². The molecule has 20 aromatic rings. The largest absolute Gasteiger partial charge is 0.0629 e.